The standard InChI is InChI=1S/C25H25N3O4S/c1-16(2)26-24(31)20-7-3-4-8-21(20)27-23(30)17-9-11-18(12-10-17)25-28(22(29)15-33-25)14-19-6-5-13-32-19/h3-13,16,25H,14-15H2,1-2H3,(H,26,31)(H,27,30)/t25-/m1/s1. The molecule has 2 N–H and O–H groups in total. The van der Waals surface area contributed by atoms with Crippen LogP contribution in [0.25, 0.3) is 0 Å². The summed E-state index contributed by atoms with van der Waals surface area (Å²) in [4.78, 5) is 39.5. The number of hydrogen-bond acceptors (Lipinski definition) is 5. The number of furan rings is 1. The van der Waals surface area contributed by atoms with Crippen LogP contribution in [0.4, 0.5) is 5.69 Å². The monoisotopic (exact) mass is 463 g/mol. The van der Waals surface area contributed by atoms with Gasteiger partial charge < -0.3 is 20.0 Å². The van der Waals surface area contributed by atoms with Gasteiger partial charge in [0.1, 0.15) is 11.1 Å². The van der Waals surface area contributed by atoms with Crippen molar-refractivity contribution in [2.24, 2.45) is 0 Å². The summed E-state index contributed by atoms with van der Waals surface area (Å²) in [7, 11) is 0. The minimum atomic E-state index is -0.311. The SMILES string of the molecule is CC(C)NC(=O)c1ccccc1NC(=O)c1ccc([C@H]2SCC(=O)N2Cc2ccco2)cc1. The van der Waals surface area contributed by atoms with Crippen molar-refractivity contribution in [1.29, 1.82) is 0 Å². The Bertz CT molecular complexity index is 1140. The second-order valence-electron chi connectivity index (χ2n) is 8.01. The zero-order valence-electron chi connectivity index (χ0n) is 18.4. The summed E-state index contributed by atoms with van der Waals surface area (Å²) < 4.78 is 5.40. The van der Waals surface area contributed by atoms with Crippen LogP contribution in [-0.2, 0) is 11.3 Å². The first-order valence-corrected chi connectivity index (χ1v) is 11.7. The first kappa shape index (κ1) is 22.7. The maximum Gasteiger partial charge on any atom is 0.255 e. The van der Waals surface area contributed by atoms with Gasteiger partial charge in [0.05, 0.1) is 29.8 Å². The zero-order valence-corrected chi connectivity index (χ0v) is 19.2. The van der Waals surface area contributed by atoms with Crippen molar-refractivity contribution in [1.82, 2.24) is 10.2 Å². The van der Waals surface area contributed by atoms with E-state index in [9.17, 15) is 14.4 Å². The first-order chi connectivity index (χ1) is 15.9. The summed E-state index contributed by atoms with van der Waals surface area (Å²) in [6.45, 7) is 4.17. The van der Waals surface area contributed by atoms with Gasteiger partial charge in [0.25, 0.3) is 11.8 Å². The van der Waals surface area contributed by atoms with Crippen molar-refractivity contribution in [3.63, 3.8) is 0 Å². The molecule has 0 saturated carbocycles. The van der Waals surface area contributed by atoms with Gasteiger partial charge in [0.2, 0.25) is 5.91 Å². The maximum atomic E-state index is 12.8. The van der Waals surface area contributed by atoms with Crippen molar-refractivity contribution in [2.45, 2.75) is 31.8 Å². The van der Waals surface area contributed by atoms with Crippen LogP contribution < -0.4 is 10.6 Å². The van der Waals surface area contributed by atoms with E-state index in [1.807, 2.05) is 32.0 Å². The molecule has 1 aromatic heterocycles. The minimum Gasteiger partial charge on any atom is -0.467 e. The van der Waals surface area contributed by atoms with Gasteiger partial charge in [-0.25, -0.2) is 0 Å². The van der Waals surface area contributed by atoms with Crippen LogP contribution in [-0.4, -0.2) is 34.4 Å². The van der Waals surface area contributed by atoms with Crippen molar-refractivity contribution in [2.75, 3.05) is 11.1 Å². The molecule has 3 amide bonds. The Hall–Kier alpha value is -3.52. The molecule has 1 saturated heterocycles. The fourth-order valence-corrected chi connectivity index (χ4v) is 4.78. The summed E-state index contributed by atoms with van der Waals surface area (Å²) in [6, 6.07) is 17.7. The van der Waals surface area contributed by atoms with E-state index in [0.717, 1.165) is 11.3 Å². The van der Waals surface area contributed by atoms with Crippen LogP contribution in [0, 0.1) is 0 Å². The first-order valence-electron chi connectivity index (χ1n) is 10.7. The Morgan fingerprint density at radius 1 is 1.06 bits per heavy atom. The Labute approximate surface area is 196 Å². The van der Waals surface area contributed by atoms with Gasteiger partial charge in [0.15, 0.2) is 0 Å². The van der Waals surface area contributed by atoms with Gasteiger partial charge in [-0.1, -0.05) is 24.3 Å². The van der Waals surface area contributed by atoms with Crippen molar-refractivity contribution in [3.05, 3.63) is 89.4 Å². The molecule has 0 aliphatic carbocycles. The molecule has 4 rings (SSSR count). The van der Waals surface area contributed by atoms with E-state index in [4.69, 9.17) is 4.42 Å². The summed E-state index contributed by atoms with van der Waals surface area (Å²) in [6.07, 6.45) is 1.59. The fraction of sp³-hybridized carbons (Fsp3) is 0.240. The van der Waals surface area contributed by atoms with Gasteiger partial charge in [-0.05, 0) is 55.8 Å². The molecular formula is C25H25N3O4S. The number of nitrogens with one attached hydrogen (secondary N) is 2. The highest BCUT2D eigenvalue weighted by Gasteiger charge is 2.33. The third kappa shape index (κ3) is 5.28. The molecule has 1 aliphatic rings. The molecule has 0 radical (unpaired) electrons. The smallest absolute Gasteiger partial charge is 0.255 e. The van der Waals surface area contributed by atoms with E-state index in [0.29, 0.717) is 29.1 Å². The second kappa shape index (κ2) is 9.95. The summed E-state index contributed by atoms with van der Waals surface area (Å²) >= 11 is 1.55. The largest absolute Gasteiger partial charge is 0.467 e. The zero-order chi connectivity index (χ0) is 23.4. The van der Waals surface area contributed by atoms with Crippen LogP contribution in [0.3, 0.4) is 0 Å². The Morgan fingerprint density at radius 2 is 1.82 bits per heavy atom. The van der Waals surface area contributed by atoms with Crippen LogP contribution >= 0.6 is 11.8 Å². The molecule has 1 aliphatic heterocycles. The maximum absolute atomic E-state index is 12.8. The molecule has 1 fully saturated rings. The number of benzene rings is 2. The van der Waals surface area contributed by atoms with E-state index in [1.165, 1.54) is 0 Å². The Kier molecular flexibility index (Phi) is 6.84. The quantitative estimate of drug-likeness (QED) is 0.540. The van der Waals surface area contributed by atoms with Gasteiger partial charge >= 0.3 is 0 Å². The van der Waals surface area contributed by atoms with Gasteiger partial charge in [-0.3, -0.25) is 14.4 Å². The highest BCUT2D eigenvalue weighted by atomic mass is 32.2. The molecule has 2 heterocycles. The highest BCUT2D eigenvalue weighted by Crippen LogP contribution is 2.39. The molecule has 2 aromatic carbocycles. The number of carbonyl (C=O) groups excluding carboxylic acids is 3. The number of hydrogen-bond donors (Lipinski definition) is 2. The summed E-state index contributed by atoms with van der Waals surface area (Å²) in [5.41, 5.74) is 2.26. The van der Waals surface area contributed by atoms with Gasteiger partial charge in [0, 0.05) is 11.6 Å². The number of amides is 3. The second-order valence-corrected chi connectivity index (χ2v) is 9.08. The number of nitrogens with zero attached hydrogens (tertiary/aromatic N) is 1. The molecule has 3 aromatic rings. The molecule has 170 valence electrons. The molecule has 1 atom stereocenters. The minimum absolute atomic E-state index is 0.0125. The Balaban J connectivity index is 1.47. The number of para-hydroxylation sites is 1. The number of thioether (sulfide) groups is 1. The topological polar surface area (TPSA) is 91.7 Å². The number of anilines is 1. The lowest BCUT2D eigenvalue weighted by atomic mass is 10.1. The number of rotatable bonds is 7. The number of carbonyl (C=O) groups is 3. The van der Waals surface area contributed by atoms with E-state index in [1.54, 1.807) is 65.4 Å². The van der Waals surface area contributed by atoms with Crippen molar-refractivity contribution >= 4 is 35.2 Å². The van der Waals surface area contributed by atoms with Crippen LogP contribution in [0.1, 0.15) is 51.3 Å². The molecular weight excluding hydrogens is 438 g/mol. The highest BCUT2D eigenvalue weighted by molar-refractivity contribution is 8.00. The van der Waals surface area contributed by atoms with E-state index in [-0.39, 0.29) is 29.1 Å². The van der Waals surface area contributed by atoms with Crippen LogP contribution in [0.2, 0.25) is 0 Å². The predicted octanol–water partition coefficient (Wildman–Crippen LogP) is 4.44. The van der Waals surface area contributed by atoms with Crippen LogP contribution in [0.5, 0.6) is 0 Å². The lowest BCUT2D eigenvalue weighted by Crippen LogP contribution is -2.31. The van der Waals surface area contributed by atoms with Crippen molar-refractivity contribution in [3.8, 4) is 0 Å². The third-order valence-corrected chi connectivity index (χ3v) is 6.43. The molecule has 8 heteroatoms. The molecule has 7 nitrogen and oxygen atoms in total. The van der Waals surface area contributed by atoms with Crippen molar-refractivity contribution < 1.29 is 18.8 Å². The average molecular weight is 464 g/mol. The summed E-state index contributed by atoms with van der Waals surface area (Å²) in [5.74, 6) is 0.638. The van der Waals surface area contributed by atoms with E-state index in [2.05, 4.69) is 10.6 Å². The summed E-state index contributed by atoms with van der Waals surface area (Å²) in [5, 5.41) is 5.54. The van der Waals surface area contributed by atoms with Gasteiger partial charge in [-0.15, -0.1) is 11.8 Å². The normalized spacial score (nSPS) is 15.7. The third-order valence-electron chi connectivity index (χ3n) is 5.17. The molecule has 0 unspecified atom stereocenters. The van der Waals surface area contributed by atoms with Gasteiger partial charge in [-0.2, -0.15) is 0 Å². The fourth-order valence-electron chi connectivity index (χ4n) is 3.60. The Morgan fingerprint density at radius 3 is 2.52 bits per heavy atom. The van der Waals surface area contributed by atoms with E-state index < -0.39 is 0 Å². The average Bonchev–Trinajstić information content (AvgIpc) is 3.44. The molecule has 33 heavy (non-hydrogen) atoms. The molecule has 0 bridgehead atoms. The lowest BCUT2D eigenvalue weighted by Gasteiger charge is -2.23. The van der Waals surface area contributed by atoms with Crippen LogP contribution in [0.15, 0.2) is 71.3 Å². The molecule has 0 spiro atoms. The lowest BCUT2D eigenvalue weighted by molar-refractivity contribution is -0.128. The predicted molar refractivity (Wildman–Crippen MR) is 128 cm³/mol. The van der Waals surface area contributed by atoms with E-state index >= 15 is 0 Å².